The molecule has 0 saturated heterocycles. The zero-order chi connectivity index (χ0) is 9.80. The van der Waals surface area contributed by atoms with Gasteiger partial charge >= 0.3 is 0 Å². The van der Waals surface area contributed by atoms with Crippen LogP contribution in [-0.4, -0.2) is 0 Å². The van der Waals surface area contributed by atoms with Gasteiger partial charge in [0.1, 0.15) is 0 Å². The minimum absolute atomic E-state index is 1.14. The molecule has 0 amide bonds. The quantitative estimate of drug-likeness (QED) is 0.741. The van der Waals surface area contributed by atoms with Gasteiger partial charge in [-0.1, -0.05) is 24.3 Å². The molecule has 0 fully saturated rings. The van der Waals surface area contributed by atoms with Crippen LogP contribution in [0, 0.1) is 6.92 Å². The van der Waals surface area contributed by atoms with E-state index in [-0.39, 0.29) is 0 Å². The van der Waals surface area contributed by atoms with E-state index in [2.05, 4.69) is 54.7 Å². The Morgan fingerprint density at radius 1 is 1.21 bits per heavy atom. The molecule has 1 heteroatoms. The molecule has 14 heavy (non-hydrogen) atoms. The molecular weight excluding hydrogens is 170 g/mol. The average molecular weight is 185 g/mol. The molecule has 0 atom stereocenters. The predicted molar refractivity (Wildman–Crippen MR) is 61.3 cm³/mol. The molecule has 1 N–H and O–H groups in total. The molecule has 0 heterocycles. The summed E-state index contributed by atoms with van der Waals surface area (Å²) in [5.41, 5.74) is 3.67. The van der Waals surface area contributed by atoms with E-state index < -0.39 is 0 Å². The van der Waals surface area contributed by atoms with Gasteiger partial charge in [-0.05, 0) is 43.5 Å². The monoisotopic (exact) mass is 185 g/mol. The van der Waals surface area contributed by atoms with E-state index in [1.165, 1.54) is 23.4 Å². The summed E-state index contributed by atoms with van der Waals surface area (Å²) < 4.78 is 0. The van der Waals surface area contributed by atoms with Crippen LogP contribution in [0.2, 0.25) is 0 Å². The highest BCUT2D eigenvalue weighted by Crippen LogP contribution is 2.15. The maximum absolute atomic E-state index is 3.40. The first-order valence-electron chi connectivity index (χ1n) is 5.05. The highest BCUT2D eigenvalue weighted by molar-refractivity contribution is 5.52. The number of hydrogen-bond acceptors (Lipinski definition) is 1. The van der Waals surface area contributed by atoms with E-state index in [1.807, 2.05) is 0 Å². The lowest BCUT2D eigenvalue weighted by Gasteiger charge is -2.10. The molecular formula is C13H15N. The van der Waals surface area contributed by atoms with E-state index in [4.69, 9.17) is 0 Å². The summed E-state index contributed by atoms with van der Waals surface area (Å²) in [6, 6.07) is 8.43. The molecule has 2 rings (SSSR count). The van der Waals surface area contributed by atoms with Crippen molar-refractivity contribution < 1.29 is 0 Å². The number of allylic oxidation sites excluding steroid dienone is 3. The highest BCUT2D eigenvalue weighted by Gasteiger charge is 1.97. The van der Waals surface area contributed by atoms with Crippen LogP contribution in [0.5, 0.6) is 0 Å². The molecule has 0 unspecified atom stereocenters. The van der Waals surface area contributed by atoms with Gasteiger partial charge in [0.2, 0.25) is 0 Å². The molecule has 1 aromatic rings. The highest BCUT2D eigenvalue weighted by atomic mass is 14.9. The smallest absolute Gasteiger partial charge is 0.0386 e. The van der Waals surface area contributed by atoms with E-state index in [0.717, 1.165) is 6.42 Å². The fourth-order valence-corrected chi connectivity index (χ4v) is 1.60. The number of anilines is 1. The second kappa shape index (κ2) is 4.14. The molecule has 0 aromatic heterocycles. The molecule has 1 aromatic carbocycles. The van der Waals surface area contributed by atoms with Crippen molar-refractivity contribution in [1.82, 2.24) is 0 Å². The number of nitrogens with one attached hydrogen (secondary N) is 1. The van der Waals surface area contributed by atoms with Crippen LogP contribution in [0.4, 0.5) is 5.69 Å². The lowest BCUT2D eigenvalue weighted by atomic mass is 10.1. The van der Waals surface area contributed by atoms with Crippen molar-refractivity contribution in [3.8, 4) is 0 Å². The SMILES string of the molecule is Cc1cccc(NC2=CCCC=C2)c1. The fraction of sp³-hybridized carbons (Fsp3) is 0.231. The molecule has 0 radical (unpaired) electrons. The van der Waals surface area contributed by atoms with Gasteiger partial charge in [-0.15, -0.1) is 0 Å². The van der Waals surface area contributed by atoms with Crippen LogP contribution < -0.4 is 5.32 Å². The van der Waals surface area contributed by atoms with Crippen LogP contribution in [0.15, 0.2) is 48.2 Å². The van der Waals surface area contributed by atoms with Crippen molar-refractivity contribution in [3.05, 3.63) is 53.8 Å². The van der Waals surface area contributed by atoms with Crippen molar-refractivity contribution in [2.24, 2.45) is 0 Å². The van der Waals surface area contributed by atoms with Gasteiger partial charge < -0.3 is 5.32 Å². The van der Waals surface area contributed by atoms with Gasteiger partial charge in [-0.25, -0.2) is 0 Å². The number of benzene rings is 1. The van der Waals surface area contributed by atoms with E-state index in [0.29, 0.717) is 0 Å². The Kier molecular flexibility index (Phi) is 2.68. The summed E-state index contributed by atoms with van der Waals surface area (Å²) in [5, 5.41) is 3.40. The molecule has 1 aliphatic rings. The summed E-state index contributed by atoms with van der Waals surface area (Å²) >= 11 is 0. The average Bonchev–Trinajstić information content (AvgIpc) is 2.19. The molecule has 1 aliphatic carbocycles. The fourth-order valence-electron chi connectivity index (χ4n) is 1.60. The third kappa shape index (κ3) is 2.25. The second-order valence-corrected chi connectivity index (χ2v) is 3.63. The van der Waals surface area contributed by atoms with Crippen molar-refractivity contribution >= 4 is 5.69 Å². The zero-order valence-electron chi connectivity index (χ0n) is 8.46. The van der Waals surface area contributed by atoms with Crippen LogP contribution in [0.3, 0.4) is 0 Å². The normalized spacial score (nSPS) is 15.1. The van der Waals surface area contributed by atoms with Crippen LogP contribution in [0.25, 0.3) is 0 Å². The number of hydrogen-bond donors (Lipinski definition) is 1. The largest absolute Gasteiger partial charge is 0.356 e. The Hall–Kier alpha value is -1.50. The minimum Gasteiger partial charge on any atom is -0.356 e. The summed E-state index contributed by atoms with van der Waals surface area (Å²) in [6.45, 7) is 2.11. The van der Waals surface area contributed by atoms with Gasteiger partial charge in [0, 0.05) is 11.4 Å². The first kappa shape index (κ1) is 9.07. The topological polar surface area (TPSA) is 12.0 Å². The molecule has 1 nitrogen and oxygen atoms in total. The van der Waals surface area contributed by atoms with Crippen molar-refractivity contribution in [1.29, 1.82) is 0 Å². The van der Waals surface area contributed by atoms with Gasteiger partial charge in [0.25, 0.3) is 0 Å². The van der Waals surface area contributed by atoms with Crippen molar-refractivity contribution in [2.45, 2.75) is 19.8 Å². The first-order chi connectivity index (χ1) is 6.84. The van der Waals surface area contributed by atoms with Crippen LogP contribution >= 0.6 is 0 Å². The number of aryl methyl sites for hydroxylation is 1. The Morgan fingerprint density at radius 3 is 2.86 bits per heavy atom. The first-order valence-corrected chi connectivity index (χ1v) is 5.05. The molecule has 0 aliphatic heterocycles. The zero-order valence-corrected chi connectivity index (χ0v) is 8.46. The third-order valence-electron chi connectivity index (χ3n) is 2.30. The standard InChI is InChI=1S/C13H15N/c1-11-6-5-9-13(10-11)14-12-7-3-2-4-8-12/h3,5-10,14H,2,4H2,1H3. The van der Waals surface area contributed by atoms with Crippen LogP contribution in [-0.2, 0) is 0 Å². The minimum atomic E-state index is 1.14. The Bertz CT molecular complexity index is 375. The van der Waals surface area contributed by atoms with Gasteiger partial charge in [-0.3, -0.25) is 0 Å². The number of rotatable bonds is 2. The van der Waals surface area contributed by atoms with Gasteiger partial charge in [0.15, 0.2) is 0 Å². The molecule has 0 saturated carbocycles. The Labute approximate surface area is 85.2 Å². The third-order valence-corrected chi connectivity index (χ3v) is 2.30. The van der Waals surface area contributed by atoms with Crippen molar-refractivity contribution in [3.63, 3.8) is 0 Å². The van der Waals surface area contributed by atoms with Gasteiger partial charge in [0.05, 0.1) is 0 Å². The predicted octanol–water partition coefficient (Wildman–Crippen LogP) is 3.64. The van der Waals surface area contributed by atoms with Gasteiger partial charge in [-0.2, -0.15) is 0 Å². The van der Waals surface area contributed by atoms with E-state index in [9.17, 15) is 0 Å². The van der Waals surface area contributed by atoms with Crippen LogP contribution in [0.1, 0.15) is 18.4 Å². The summed E-state index contributed by atoms with van der Waals surface area (Å²) in [5.74, 6) is 0. The molecule has 72 valence electrons. The summed E-state index contributed by atoms with van der Waals surface area (Å²) in [7, 11) is 0. The maximum Gasteiger partial charge on any atom is 0.0386 e. The second-order valence-electron chi connectivity index (χ2n) is 3.63. The Morgan fingerprint density at radius 2 is 2.14 bits per heavy atom. The summed E-state index contributed by atoms with van der Waals surface area (Å²) in [4.78, 5) is 0. The summed E-state index contributed by atoms with van der Waals surface area (Å²) in [6.07, 6.45) is 8.90. The Balaban J connectivity index is 2.10. The van der Waals surface area contributed by atoms with E-state index >= 15 is 0 Å². The van der Waals surface area contributed by atoms with E-state index in [1.54, 1.807) is 0 Å². The maximum atomic E-state index is 3.40. The lowest BCUT2D eigenvalue weighted by Crippen LogP contribution is -1.98. The molecule has 0 bridgehead atoms. The molecule has 0 spiro atoms. The van der Waals surface area contributed by atoms with Crippen molar-refractivity contribution in [2.75, 3.05) is 5.32 Å². The lowest BCUT2D eigenvalue weighted by molar-refractivity contribution is 1.02.